The first-order valence-corrected chi connectivity index (χ1v) is 7.34. The number of ketones is 1. The van der Waals surface area contributed by atoms with Crippen molar-refractivity contribution in [1.82, 2.24) is 9.38 Å². The number of carbonyl (C=O) groups excluding carboxylic acids is 2. The van der Waals surface area contributed by atoms with Gasteiger partial charge in [0.25, 0.3) is 0 Å². The SMILES string of the molecule is CCOC(=O)c1nc2cc(C#N)ccn2c1C(=O)c1ccccc1. The molecule has 0 saturated carbocycles. The van der Waals surface area contributed by atoms with E-state index in [1.807, 2.05) is 6.07 Å². The minimum absolute atomic E-state index is 0.0548. The minimum atomic E-state index is -0.668. The Morgan fingerprint density at radius 2 is 2.00 bits per heavy atom. The molecule has 0 atom stereocenters. The molecule has 0 bridgehead atoms. The summed E-state index contributed by atoms with van der Waals surface area (Å²) in [6.07, 6.45) is 1.56. The van der Waals surface area contributed by atoms with Crippen molar-refractivity contribution in [1.29, 1.82) is 5.26 Å². The van der Waals surface area contributed by atoms with Gasteiger partial charge >= 0.3 is 5.97 Å². The Labute approximate surface area is 137 Å². The third-order valence-electron chi connectivity index (χ3n) is 3.48. The summed E-state index contributed by atoms with van der Waals surface area (Å²) in [4.78, 5) is 29.3. The first-order chi connectivity index (χ1) is 11.7. The van der Waals surface area contributed by atoms with Crippen LogP contribution in [0.3, 0.4) is 0 Å². The zero-order valence-electron chi connectivity index (χ0n) is 12.9. The number of carbonyl (C=O) groups is 2. The minimum Gasteiger partial charge on any atom is -0.461 e. The quantitative estimate of drug-likeness (QED) is 0.545. The van der Waals surface area contributed by atoms with Crippen LogP contribution >= 0.6 is 0 Å². The Bertz CT molecular complexity index is 968. The molecule has 0 saturated heterocycles. The summed E-state index contributed by atoms with van der Waals surface area (Å²) < 4.78 is 6.51. The Morgan fingerprint density at radius 1 is 1.25 bits per heavy atom. The van der Waals surface area contributed by atoms with Crippen LogP contribution in [0.4, 0.5) is 0 Å². The highest BCUT2D eigenvalue weighted by atomic mass is 16.5. The van der Waals surface area contributed by atoms with Crippen molar-refractivity contribution < 1.29 is 14.3 Å². The second-order valence-electron chi connectivity index (χ2n) is 4.98. The van der Waals surface area contributed by atoms with Crippen molar-refractivity contribution in [2.75, 3.05) is 6.61 Å². The molecular weight excluding hydrogens is 306 g/mol. The number of esters is 1. The van der Waals surface area contributed by atoms with Crippen LogP contribution in [0.1, 0.15) is 39.0 Å². The number of imidazole rings is 1. The first kappa shape index (κ1) is 15.4. The predicted molar refractivity (Wildman–Crippen MR) is 85.7 cm³/mol. The van der Waals surface area contributed by atoms with Gasteiger partial charge in [0.05, 0.1) is 18.2 Å². The fourth-order valence-electron chi connectivity index (χ4n) is 2.40. The van der Waals surface area contributed by atoms with Crippen LogP contribution in [0.25, 0.3) is 5.65 Å². The first-order valence-electron chi connectivity index (χ1n) is 7.34. The van der Waals surface area contributed by atoms with Crippen LogP contribution < -0.4 is 0 Å². The molecule has 2 heterocycles. The van der Waals surface area contributed by atoms with E-state index in [4.69, 9.17) is 10.00 Å². The molecule has 118 valence electrons. The van der Waals surface area contributed by atoms with Gasteiger partial charge in [0.1, 0.15) is 11.3 Å². The van der Waals surface area contributed by atoms with Crippen molar-refractivity contribution in [3.8, 4) is 6.07 Å². The highest BCUT2D eigenvalue weighted by molar-refractivity contribution is 6.13. The maximum Gasteiger partial charge on any atom is 0.359 e. The molecule has 3 rings (SSSR count). The van der Waals surface area contributed by atoms with Gasteiger partial charge in [-0.3, -0.25) is 9.20 Å². The molecule has 0 N–H and O–H groups in total. The van der Waals surface area contributed by atoms with E-state index in [2.05, 4.69) is 4.98 Å². The molecule has 1 aromatic carbocycles. The fraction of sp³-hybridized carbons (Fsp3) is 0.111. The maximum atomic E-state index is 12.9. The monoisotopic (exact) mass is 319 g/mol. The maximum absolute atomic E-state index is 12.9. The number of rotatable bonds is 4. The average molecular weight is 319 g/mol. The van der Waals surface area contributed by atoms with E-state index in [1.54, 1.807) is 49.5 Å². The third kappa shape index (κ3) is 2.63. The fourth-order valence-corrected chi connectivity index (χ4v) is 2.40. The van der Waals surface area contributed by atoms with Gasteiger partial charge in [-0.15, -0.1) is 0 Å². The number of hydrogen-bond donors (Lipinski definition) is 0. The number of nitriles is 1. The van der Waals surface area contributed by atoms with Crippen LogP contribution in [0, 0.1) is 11.3 Å². The lowest BCUT2D eigenvalue weighted by atomic mass is 10.1. The highest BCUT2D eigenvalue weighted by Crippen LogP contribution is 2.19. The lowest BCUT2D eigenvalue weighted by Gasteiger charge is -2.04. The summed E-state index contributed by atoms with van der Waals surface area (Å²) in [6, 6.07) is 13.7. The summed E-state index contributed by atoms with van der Waals surface area (Å²) in [6.45, 7) is 1.86. The van der Waals surface area contributed by atoms with Gasteiger partial charge in [0.2, 0.25) is 5.78 Å². The molecule has 0 amide bonds. The van der Waals surface area contributed by atoms with E-state index in [0.717, 1.165) is 0 Å². The third-order valence-corrected chi connectivity index (χ3v) is 3.48. The summed E-state index contributed by atoms with van der Waals surface area (Å²) >= 11 is 0. The van der Waals surface area contributed by atoms with Gasteiger partial charge in [-0.1, -0.05) is 30.3 Å². The number of nitrogens with zero attached hydrogens (tertiary/aromatic N) is 3. The Kier molecular flexibility index (Phi) is 4.08. The van der Waals surface area contributed by atoms with Crippen LogP contribution in [0.2, 0.25) is 0 Å². The van der Waals surface area contributed by atoms with Crippen LogP contribution in [-0.2, 0) is 4.74 Å². The molecule has 0 aliphatic rings. The van der Waals surface area contributed by atoms with E-state index in [-0.39, 0.29) is 23.8 Å². The summed E-state index contributed by atoms with van der Waals surface area (Å²) in [5.74, 6) is -1.00. The van der Waals surface area contributed by atoms with Crippen LogP contribution in [0.15, 0.2) is 48.7 Å². The molecule has 0 fully saturated rings. The van der Waals surface area contributed by atoms with Crippen LogP contribution in [0.5, 0.6) is 0 Å². The van der Waals surface area contributed by atoms with E-state index in [9.17, 15) is 9.59 Å². The van der Waals surface area contributed by atoms with Gasteiger partial charge in [-0.2, -0.15) is 5.26 Å². The summed E-state index contributed by atoms with van der Waals surface area (Å²) in [5.41, 5.74) is 1.24. The summed E-state index contributed by atoms with van der Waals surface area (Å²) in [7, 11) is 0. The van der Waals surface area contributed by atoms with Crippen molar-refractivity contribution in [2.45, 2.75) is 6.92 Å². The Morgan fingerprint density at radius 3 is 2.67 bits per heavy atom. The van der Waals surface area contributed by atoms with Crippen molar-refractivity contribution in [3.05, 3.63) is 71.2 Å². The second-order valence-corrected chi connectivity index (χ2v) is 4.98. The van der Waals surface area contributed by atoms with Crippen molar-refractivity contribution >= 4 is 17.4 Å². The van der Waals surface area contributed by atoms with Gasteiger partial charge in [0, 0.05) is 11.8 Å². The number of aromatic nitrogens is 2. The molecular formula is C18H13N3O3. The average Bonchev–Trinajstić information content (AvgIpc) is 3.00. The molecule has 0 radical (unpaired) electrons. The van der Waals surface area contributed by atoms with Gasteiger partial charge in [-0.25, -0.2) is 9.78 Å². The van der Waals surface area contributed by atoms with E-state index >= 15 is 0 Å². The number of benzene rings is 1. The number of hydrogen-bond acceptors (Lipinski definition) is 5. The van der Waals surface area contributed by atoms with E-state index in [1.165, 1.54) is 10.5 Å². The van der Waals surface area contributed by atoms with Gasteiger partial charge in [-0.05, 0) is 19.1 Å². The Balaban J connectivity index is 2.23. The van der Waals surface area contributed by atoms with E-state index < -0.39 is 5.97 Å². The van der Waals surface area contributed by atoms with E-state index in [0.29, 0.717) is 16.8 Å². The van der Waals surface area contributed by atoms with Crippen LogP contribution in [-0.4, -0.2) is 27.7 Å². The van der Waals surface area contributed by atoms with Crippen molar-refractivity contribution in [3.63, 3.8) is 0 Å². The van der Waals surface area contributed by atoms with Gasteiger partial charge in [0.15, 0.2) is 5.69 Å². The molecule has 3 aromatic rings. The van der Waals surface area contributed by atoms with Crippen molar-refractivity contribution in [2.24, 2.45) is 0 Å². The molecule has 24 heavy (non-hydrogen) atoms. The summed E-state index contributed by atoms with van der Waals surface area (Å²) in [5, 5.41) is 9.01. The molecule has 2 aromatic heterocycles. The number of pyridine rings is 1. The molecule has 0 aliphatic heterocycles. The number of ether oxygens (including phenoxy) is 1. The lowest BCUT2D eigenvalue weighted by molar-refractivity contribution is 0.0517. The molecule has 0 unspecified atom stereocenters. The smallest absolute Gasteiger partial charge is 0.359 e. The standard InChI is InChI=1S/C18H13N3O3/c1-2-24-18(23)15-16(17(22)13-6-4-3-5-7-13)21-9-8-12(11-19)10-14(21)20-15/h3-10H,2H2,1H3. The highest BCUT2D eigenvalue weighted by Gasteiger charge is 2.26. The molecule has 0 aliphatic carbocycles. The zero-order chi connectivity index (χ0) is 17.1. The molecule has 0 spiro atoms. The lowest BCUT2D eigenvalue weighted by Crippen LogP contribution is -2.14. The molecule has 6 heteroatoms. The second kappa shape index (κ2) is 6.34. The topological polar surface area (TPSA) is 84.5 Å². The normalized spacial score (nSPS) is 10.3. The molecule has 6 nitrogen and oxygen atoms in total. The van der Waals surface area contributed by atoms with Gasteiger partial charge < -0.3 is 4.74 Å². The zero-order valence-corrected chi connectivity index (χ0v) is 12.9. The Hall–Kier alpha value is -3.46. The predicted octanol–water partition coefficient (Wildman–Crippen LogP) is 2.61. The number of fused-ring (bicyclic) bond motifs is 1. The largest absolute Gasteiger partial charge is 0.461 e.